The molecule has 5 nitrogen and oxygen atoms in total. The number of carbonyl (C=O) groups excluding carboxylic acids is 2. The second kappa shape index (κ2) is 9.60. The van der Waals surface area contributed by atoms with Gasteiger partial charge in [-0.3, -0.25) is 9.59 Å². The monoisotopic (exact) mass is 478 g/mol. The van der Waals surface area contributed by atoms with E-state index in [4.69, 9.17) is 9.47 Å². The Balaban J connectivity index is 2.42. The summed E-state index contributed by atoms with van der Waals surface area (Å²) in [7, 11) is -1.51. The van der Waals surface area contributed by atoms with Crippen LogP contribution in [0.4, 0.5) is 0 Å². The first kappa shape index (κ1) is 25.5. The van der Waals surface area contributed by atoms with E-state index in [2.05, 4.69) is 0 Å². The summed E-state index contributed by atoms with van der Waals surface area (Å²) in [5.74, 6) is 0.585. The van der Waals surface area contributed by atoms with Crippen molar-refractivity contribution in [2.45, 2.75) is 41.5 Å². The van der Waals surface area contributed by atoms with Crippen molar-refractivity contribution in [2.75, 3.05) is 14.2 Å². The van der Waals surface area contributed by atoms with Crippen LogP contribution in [0.5, 0.6) is 11.5 Å². The predicted octanol–water partition coefficient (Wildman–Crippen LogP) is 6.22. The molecule has 0 N–H and O–H groups in total. The zero-order chi connectivity index (χ0) is 25.4. The van der Waals surface area contributed by atoms with Gasteiger partial charge in [-0.05, 0) is 82.0 Å². The second-order valence-corrected chi connectivity index (χ2v) is 11.3. The van der Waals surface area contributed by atoms with Gasteiger partial charge in [0.15, 0.2) is 0 Å². The second-order valence-electron chi connectivity index (χ2n) is 8.80. The molecular formula is C28H31O5P. The molecule has 0 saturated carbocycles. The number of hydrogen-bond donors (Lipinski definition) is 0. The molecule has 3 rings (SSSR count). The van der Waals surface area contributed by atoms with Crippen molar-refractivity contribution in [3.05, 3.63) is 87.0 Å². The summed E-state index contributed by atoms with van der Waals surface area (Å²) >= 11 is 0. The standard InChI is InChI=1S/C28H31O5P/c1-16-11-18(3)25(19(4)12-16)27(29)34(31,24-15-22(32-7)9-10-23(24)33-8)28(30)26-20(5)13-17(2)14-21(26)6/h9-15H,1-8H3. The van der Waals surface area contributed by atoms with Gasteiger partial charge in [0.05, 0.1) is 19.5 Å². The summed E-state index contributed by atoms with van der Waals surface area (Å²) in [6, 6.07) is 12.1. The predicted molar refractivity (Wildman–Crippen MR) is 137 cm³/mol. The molecule has 0 saturated heterocycles. The molecule has 0 amide bonds. The van der Waals surface area contributed by atoms with Crippen LogP contribution in [-0.4, -0.2) is 25.3 Å². The van der Waals surface area contributed by atoms with Crippen LogP contribution in [-0.2, 0) is 4.57 Å². The van der Waals surface area contributed by atoms with Crippen molar-refractivity contribution in [1.82, 2.24) is 0 Å². The van der Waals surface area contributed by atoms with E-state index in [-0.39, 0.29) is 11.1 Å². The van der Waals surface area contributed by atoms with Gasteiger partial charge in [0.25, 0.3) is 7.14 Å². The number of ether oxygens (including phenoxy) is 2. The van der Waals surface area contributed by atoms with Crippen molar-refractivity contribution in [3.8, 4) is 11.5 Å². The quantitative estimate of drug-likeness (QED) is 0.377. The number of hydrogen-bond acceptors (Lipinski definition) is 5. The summed E-state index contributed by atoms with van der Waals surface area (Å²) in [6.07, 6.45) is 0. The molecule has 0 bridgehead atoms. The topological polar surface area (TPSA) is 69.7 Å². The Labute approximate surface area is 201 Å². The van der Waals surface area contributed by atoms with Crippen LogP contribution in [0.3, 0.4) is 0 Å². The normalized spacial score (nSPS) is 11.3. The highest BCUT2D eigenvalue weighted by Gasteiger charge is 2.46. The minimum atomic E-state index is -4.41. The van der Waals surface area contributed by atoms with Gasteiger partial charge in [0.2, 0.25) is 11.0 Å². The van der Waals surface area contributed by atoms with Crippen LogP contribution < -0.4 is 14.8 Å². The molecule has 0 aliphatic carbocycles. The fourth-order valence-corrected chi connectivity index (χ4v) is 7.45. The summed E-state index contributed by atoms with van der Waals surface area (Å²) in [6.45, 7) is 11.1. The van der Waals surface area contributed by atoms with Crippen LogP contribution in [0.15, 0.2) is 42.5 Å². The van der Waals surface area contributed by atoms with Gasteiger partial charge in [-0.25, -0.2) is 0 Å². The Morgan fingerprint density at radius 3 is 1.41 bits per heavy atom. The highest BCUT2D eigenvalue weighted by Crippen LogP contribution is 2.55. The maximum atomic E-state index is 15.0. The molecule has 34 heavy (non-hydrogen) atoms. The lowest BCUT2D eigenvalue weighted by Crippen LogP contribution is -2.24. The van der Waals surface area contributed by atoms with E-state index >= 15 is 4.57 Å². The molecule has 0 aliphatic rings. The van der Waals surface area contributed by atoms with Gasteiger partial charge in [-0.15, -0.1) is 0 Å². The highest BCUT2D eigenvalue weighted by atomic mass is 31.2. The van der Waals surface area contributed by atoms with Gasteiger partial charge in [0, 0.05) is 11.1 Å². The highest BCUT2D eigenvalue weighted by molar-refractivity contribution is 8.01. The average molecular weight is 479 g/mol. The van der Waals surface area contributed by atoms with Crippen LogP contribution >= 0.6 is 7.14 Å². The van der Waals surface area contributed by atoms with Gasteiger partial charge >= 0.3 is 0 Å². The van der Waals surface area contributed by atoms with Gasteiger partial charge < -0.3 is 14.0 Å². The van der Waals surface area contributed by atoms with Crippen molar-refractivity contribution in [3.63, 3.8) is 0 Å². The van der Waals surface area contributed by atoms with Crippen molar-refractivity contribution >= 4 is 23.5 Å². The van der Waals surface area contributed by atoms with E-state index in [1.54, 1.807) is 39.8 Å². The fourth-order valence-electron chi connectivity index (χ4n) is 4.70. The summed E-state index contributed by atoms with van der Waals surface area (Å²) < 4.78 is 25.8. The van der Waals surface area contributed by atoms with Crippen LogP contribution in [0.25, 0.3) is 0 Å². The van der Waals surface area contributed by atoms with Gasteiger partial charge in [-0.1, -0.05) is 35.4 Å². The van der Waals surface area contributed by atoms with E-state index < -0.39 is 18.2 Å². The van der Waals surface area contributed by atoms with Crippen LogP contribution in [0.2, 0.25) is 0 Å². The molecule has 0 heterocycles. The zero-order valence-electron chi connectivity index (χ0n) is 21.0. The minimum absolute atomic E-state index is 0.0445. The number of rotatable bonds is 7. The first-order chi connectivity index (χ1) is 15.9. The van der Waals surface area contributed by atoms with Crippen LogP contribution in [0.1, 0.15) is 54.1 Å². The first-order valence-electron chi connectivity index (χ1n) is 11.0. The average Bonchev–Trinajstić information content (AvgIpc) is 2.76. The van der Waals surface area contributed by atoms with E-state index in [9.17, 15) is 9.59 Å². The third-order valence-electron chi connectivity index (χ3n) is 6.08. The van der Waals surface area contributed by atoms with Crippen molar-refractivity contribution in [1.29, 1.82) is 0 Å². The van der Waals surface area contributed by atoms with E-state index in [1.807, 2.05) is 38.1 Å². The number of carbonyl (C=O) groups is 2. The Bertz CT molecular complexity index is 1230. The molecule has 0 atom stereocenters. The summed E-state index contributed by atoms with van der Waals surface area (Å²) in [4.78, 5) is 28.4. The molecule has 0 unspecified atom stereocenters. The molecule has 178 valence electrons. The van der Waals surface area contributed by atoms with Crippen molar-refractivity contribution < 1.29 is 23.6 Å². The molecule has 0 aliphatic heterocycles. The van der Waals surface area contributed by atoms with Gasteiger partial charge in [0.1, 0.15) is 11.5 Å². The molecule has 3 aromatic carbocycles. The smallest absolute Gasteiger partial charge is 0.252 e. The molecular weight excluding hydrogens is 447 g/mol. The maximum absolute atomic E-state index is 15.0. The Morgan fingerprint density at radius 1 is 0.647 bits per heavy atom. The van der Waals surface area contributed by atoms with Gasteiger partial charge in [-0.2, -0.15) is 0 Å². The maximum Gasteiger partial charge on any atom is 0.252 e. The Morgan fingerprint density at radius 2 is 1.06 bits per heavy atom. The zero-order valence-corrected chi connectivity index (χ0v) is 21.9. The van der Waals surface area contributed by atoms with Crippen molar-refractivity contribution in [2.24, 2.45) is 0 Å². The van der Waals surface area contributed by atoms with E-state index in [0.717, 1.165) is 11.1 Å². The summed E-state index contributed by atoms with van der Waals surface area (Å²) in [5.41, 5.74) is 3.88. The lowest BCUT2D eigenvalue weighted by molar-refractivity contribution is 0.104. The lowest BCUT2D eigenvalue weighted by Gasteiger charge is -2.23. The Kier molecular flexibility index (Phi) is 7.18. The van der Waals surface area contributed by atoms with E-state index in [0.29, 0.717) is 39.1 Å². The molecule has 0 fully saturated rings. The fraction of sp³-hybridized carbons (Fsp3) is 0.286. The largest absolute Gasteiger partial charge is 0.497 e. The summed E-state index contributed by atoms with van der Waals surface area (Å²) in [5, 5.41) is 0.0445. The SMILES string of the molecule is COc1ccc(OC)c(P(=O)(C(=O)c2c(C)cc(C)cc2C)C(=O)c2c(C)cc(C)cc2C)c1. The number of aryl methyl sites for hydroxylation is 6. The third kappa shape index (κ3) is 4.33. The lowest BCUT2D eigenvalue weighted by atomic mass is 10.0. The molecule has 0 radical (unpaired) electrons. The Hall–Kier alpha value is -3.17. The minimum Gasteiger partial charge on any atom is -0.497 e. The van der Waals surface area contributed by atoms with Crippen LogP contribution in [0, 0.1) is 41.5 Å². The molecule has 0 aromatic heterocycles. The molecule has 3 aromatic rings. The first-order valence-corrected chi connectivity index (χ1v) is 12.7. The van der Waals surface area contributed by atoms with E-state index in [1.165, 1.54) is 20.3 Å². The number of benzene rings is 3. The molecule has 6 heteroatoms. The number of methoxy groups -OCH3 is 2. The molecule has 0 spiro atoms. The third-order valence-corrected chi connectivity index (χ3v) is 8.70.